The second-order valence-corrected chi connectivity index (χ2v) is 5.43. The molecule has 0 amide bonds. The monoisotopic (exact) mass is 331 g/mol. The van der Waals surface area contributed by atoms with Crippen molar-refractivity contribution in [3.63, 3.8) is 0 Å². The first-order valence-corrected chi connectivity index (χ1v) is 7.96. The molecule has 0 radical (unpaired) electrons. The van der Waals surface area contributed by atoms with Gasteiger partial charge in [-0.15, -0.1) is 0 Å². The van der Waals surface area contributed by atoms with Crippen LogP contribution in [0.3, 0.4) is 0 Å². The molecule has 0 fully saturated rings. The maximum atomic E-state index is 9.49. The molecule has 5 nitrogen and oxygen atoms in total. The van der Waals surface area contributed by atoms with Crippen LogP contribution in [0.1, 0.15) is 23.9 Å². The van der Waals surface area contributed by atoms with E-state index in [9.17, 15) is 5.26 Å². The molecule has 0 N–H and O–H groups in total. The first-order chi connectivity index (χ1) is 12.2. The van der Waals surface area contributed by atoms with Gasteiger partial charge in [0.05, 0.1) is 6.61 Å². The van der Waals surface area contributed by atoms with Crippen molar-refractivity contribution in [3.05, 3.63) is 65.5 Å². The number of benzene rings is 2. The number of nitriles is 1. The Balaban J connectivity index is 1.95. The quantitative estimate of drug-likeness (QED) is 0.643. The summed E-state index contributed by atoms with van der Waals surface area (Å²) in [6.07, 6.45) is 1.69. The minimum absolute atomic E-state index is 0.185. The maximum absolute atomic E-state index is 9.49. The lowest BCUT2D eigenvalue weighted by atomic mass is 10.1. The second kappa shape index (κ2) is 7.45. The Bertz CT molecular complexity index is 934. The van der Waals surface area contributed by atoms with Crippen molar-refractivity contribution in [2.45, 2.75) is 13.8 Å². The van der Waals surface area contributed by atoms with Crippen LogP contribution in [-0.4, -0.2) is 16.7 Å². The van der Waals surface area contributed by atoms with E-state index in [1.54, 1.807) is 6.08 Å². The summed E-state index contributed by atoms with van der Waals surface area (Å²) in [5.41, 5.74) is 3.07. The number of para-hydroxylation sites is 1. The topological polar surface area (TPSA) is 71.9 Å². The number of rotatable bonds is 5. The summed E-state index contributed by atoms with van der Waals surface area (Å²) in [5.74, 6) is 1.34. The van der Waals surface area contributed by atoms with Crippen LogP contribution in [0.5, 0.6) is 5.75 Å². The standard InChI is InChI=1S/C20H17N3O2/c1-3-24-18-7-5-4-6-16(18)12-17(13-21)20-22-19(23-25-20)15-10-8-14(2)9-11-15/h4-12H,3H2,1-2H3/b17-12+. The minimum Gasteiger partial charge on any atom is -0.493 e. The molecule has 2 aromatic carbocycles. The van der Waals surface area contributed by atoms with Gasteiger partial charge in [0.2, 0.25) is 5.82 Å². The van der Waals surface area contributed by atoms with Gasteiger partial charge in [0.1, 0.15) is 17.4 Å². The zero-order valence-corrected chi connectivity index (χ0v) is 14.1. The van der Waals surface area contributed by atoms with Crippen LogP contribution in [0, 0.1) is 18.3 Å². The smallest absolute Gasteiger partial charge is 0.268 e. The summed E-state index contributed by atoms with van der Waals surface area (Å²) in [6.45, 7) is 4.47. The lowest BCUT2D eigenvalue weighted by molar-refractivity contribution is 0.339. The number of hydrogen-bond acceptors (Lipinski definition) is 5. The molecule has 0 spiro atoms. The third-order valence-corrected chi connectivity index (χ3v) is 3.61. The lowest BCUT2D eigenvalue weighted by Crippen LogP contribution is -1.93. The molecule has 0 unspecified atom stereocenters. The molecular formula is C20H17N3O2. The third-order valence-electron chi connectivity index (χ3n) is 3.61. The van der Waals surface area contributed by atoms with Crippen LogP contribution in [0.4, 0.5) is 0 Å². The van der Waals surface area contributed by atoms with Gasteiger partial charge in [-0.05, 0) is 26.0 Å². The molecular weight excluding hydrogens is 314 g/mol. The molecule has 0 aliphatic carbocycles. The second-order valence-electron chi connectivity index (χ2n) is 5.43. The van der Waals surface area contributed by atoms with Crippen LogP contribution in [0.2, 0.25) is 0 Å². The van der Waals surface area contributed by atoms with E-state index in [-0.39, 0.29) is 11.5 Å². The number of allylic oxidation sites excluding steroid dienone is 1. The van der Waals surface area contributed by atoms with Crippen LogP contribution < -0.4 is 4.74 Å². The van der Waals surface area contributed by atoms with Crippen molar-refractivity contribution >= 4 is 11.6 Å². The van der Waals surface area contributed by atoms with E-state index in [0.717, 1.165) is 16.7 Å². The molecule has 0 saturated carbocycles. The highest BCUT2D eigenvalue weighted by atomic mass is 16.5. The SMILES string of the molecule is CCOc1ccccc1/C=C(\C#N)c1nc(-c2ccc(C)cc2)no1. The van der Waals surface area contributed by atoms with Gasteiger partial charge in [-0.3, -0.25) is 0 Å². The predicted octanol–water partition coefficient (Wildman–Crippen LogP) is 4.51. The van der Waals surface area contributed by atoms with Gasteiger partial charge < -0.3 is 9.26 Å². The molecule has 3 aromatic rings. The van der Waals surface area contributed by atoms with Crippen LogP contribution in [-0.2, 0) is 0 Å². The van der Waals surface area contributed by atoms with E-state index < -0.39 is 0 Å². The average molecular weight is 331 g/mol. The summed E-state index contributed by atoms with van der Waals surface area (Å²) in [6, 6.07) is 17.4. The summed E-state index contributed by atoms with van der Waals surface area (Å²) in [4.78, 5) is 4.34. The number of nitrogens with zero attached hydrogens (tertiary/aromatic N) is 3. The number of aromatic nitrogens is 2. The van der Waals surface area contributed by atoms with Crippen LogP contribution in [0.25, 0.3) is 23.0 Å². The molecule has 0 atom stereocenters. The fourth-order valence-electron chi connectivity index (χ4n) is 2.34. The van der Waals surface area contributed by atoms with Gasteiger partial charge in [0.25, 0.3) is 5.89 Å². The highest BCUT2D eigenvalue weighted by Gasteiger charge is 2.14. The largest absolute Gasteiger partial charge is 0.493 e. The molecule has 124 valence electrons. The zero-order chi connectivity index (χ0) is 17.6. The number of ether oxygens (including phenoxy) is 1. The van der Waals surface area contributed by atoms with Crippen molar-refractivity contribution in [1.82, 2.24) is 10.1 Å². The lowest BCUT2D eigenvalue weighted by Gasteiger charge is -2.06. The molecule has 25 heavy (non-hydrogen) atoms. The molecule has 0 bridgehead atoms. The molecule has 1 heterocycles. The maximum Gasteiger partial charge on any atom is 0.268 e. The molecule has 0 aliphatic rings. The van der Waals surface area contributed by atoms with Crippen molar-refractivity contribution in [3.8, 4) is 23.2 Å². The fraction of sp³-hybridized carbons (Fsp3) is 0.150. The van der Waals surface area contributed by atoms with E-state index in [2.05, 4.69) is 16.2 Å². The predicted molar refractivity (Wildman–Crippen MR) is 95.6 cm³/mol. The molecule has 0 saturated heterocycles. The molecule has 1 aromatic heterocycles. The summed E-state index contributed by atoms with van der Waals surface area (Å²) in [7, 11) is 0. The van der Waals surface area contributed by atoms with E-state index in [0.29, 0.717) is 18.2 Å². The Morgan fingerprint density at radius 1 is 1.20 bits per heavy atom. The van der Waals surface area contributed by atoms with Crippen molar-refractivity contribution in [2.24, 2.45) is 0 Å². The molecule has 3 rings (SSSR count). The number of hydrogen-bond donors (Lipinski definition) is 0. The van der Waals surface area contributed by atoms with Gasteiger partial charge in [0, 0.05) is 11.1 Å². The molecule has 0 aliphatic heterocycles. The fourth-order valence-corrected chi connectivity index (χ4v) is 2.34. The Morgan fingerprint density at radius 3 is 2.68 bits per heavy atom. The highest BCUT2D eigenvalue weighted by molar-refractivity contribution is 5.88. The van der Waals surface area contributed by atoms with Gasteiger partial charge >= 0.3 is 0 Å². The molecule has 5 heteroatoms. The van der Waals surface area contributed by atoms with E-state index >= 15 is 0 Å². The Morgan fingerprint density at radius 2 is 1.96 bits per heavy atom. The van der Waals surface area contributed by atoms with Crippen LogP contribution >= 0.6 is 0 Å². The average Bonchev–Trinajstić information content (AvgIpc) is 3.11. The Kier molecular flexibility index (Phi) is 4.91. The van der Waals surface area contributed by atoms with E-state index in [1.807, 2.05) is 62.4 Å². The van der Waals surface area contributed by atoms with E-state index in [1.165, 1.54) is 0 Å². The van der Waals surface area contributed by atoms with E-state index in [4.69, 9.17) is 9.26 Å². The zero-order valence-electron chi connectivity index (χ0n) is 14.1. The Hall–Kier alpha value is -3.39. The normalized spacial score (nSPS) is 11.2. The summed E-state index contributed by atoms with van der Waals surface area (Å²) >= 11 is 0. The summed E-state index contributed by atoms with van der Waals surface area (Å²) < 4.78 is 10.9. The van der Waals surface area contributed by atoms with Crippen molar-refractivity contribution in [2.75, 3.05) is 6.61 Å². The number of aryl methyl sites for hydroxylation is 1. The highest BCUT2D eigenvalue weighted by Crippen LogP contribution is 2.25. The van der Waals surface area contributed by atoms with Gasteiger partial charge in [0.15, 0.2) is 0 Å². The van der Waals surface area contributed by atoms with Gasteiger partial charge in [-0.2, -0.15) is 10.2 Å². The van der Waals surface area contributed by atoms with Crippen molar-refractivity contribution in [1.29, 1.82) is 5.26 Å². The van der Waals surface area contributed by atoms with Crippen molar-refractivity contribution < 1.29 is 9.26 Å². The first kappa shape index (κ1) is 16.5. The third kappa shape index (κ3) is 3.75. The Labute approximate surface area is 146 Å². The van der Waals surface area contributed by atoms with Gasteiger partial charge in [-0.1, -0.05) is 53.2 Å². The van der Waals surface area contributed by atoms with Gasteiger partial charge in [-0.25, -0.2) is 0 Å². The minimum atomic E-state index is 0.185. The van der Waals surface area contributed by atoms with Crippen LogP contribution in [0.15, 0.2) is 53.1 Å². The summed E-state index contributed by atoms with van der Waals surface area (Å²) in [5, 5.41) is 13.5. The first-order valence-electron chi connectivity index (χ1n) is 7.96.